The third kappa shape index (κ3) is 3.35. The minimum atomic E-state index is 0.402. The Labute approximate surface area is 132 Å². The molecule has 0 aliphatic carbocycles. The predicted molar refractivity (Wildman–Crippen MR) is 92.7 cm³/mol. The molecule has 1 heteroatoms. The molecule has 0 aliphatic rings. The molecule has 0 saturated carbocycles. The monoisotopic (exact) mass is 285 g/mol. The Morgan fingerprint density at radius 1 is 0.955 bits per heavy atom. The van der Waals surface area contributed by atoms with E-state index in [2.05, 4.69) is 85.3 Å². The highest BCUT2D eigenvalue weighted by Crippen LogP contribution is 2.19. The zero-order chi connectivity index (χ0) is 15.4. The number of rotatable bonds is 2. The van der Waals surface area contributed by atoms with Gasteiger partial charge in [0.2, 0.25) is 0 Å². The minimum absolute atomic E-state index is 0.402. The maximum atomic E-state index is 4.56. The van der Waals surface area contributed by atoms with Crippen LogP contribution >= 0.6 is 0 Å². The Hall–Kier alpha value is -2.59. The number of fused-ring (bicyclic) bond motifs is 1. The molecule has 0 aliphatic heterocycles. The molecular formula is C21H19N. The number of hydrogen-bond acceptors (Lipinski definition) is 1. The Bertz CT molecular complexity index is 828. The van der Waals surface area contributed by atoms with Crippen molar-refractivity contribution in [2.45, 2.75) is 20.3 Å². The quantitative estimate of drug-likeness (QED) is 0.614. The summed E-state index contributed by atoms with van der Waals surface area (Å²) in [6.45, 7) is 4.21. The van der Waals surface area contributed by atoms with Crippen molar-refractivity contribution in [2.24, 2.45) is 5.92 Å². The lowest BCUT2D eigenvalue weighted by Gasteiger charge is -2.06. The molecule has 3 aromatic rings. The summed E-state index contributed by atoms with van der Waals surface area (Å²) in [5, 5.41) is 2.47. The van der Waals surface area contributed by atoms with E-state index in [4.69, 9.17) is 0 Å². The zero-order valence-electron chi connectivity index (χ0n) is 13.0. The van der Waals surface area contributed by atoms with Gasteiger partial charge in [0.1, 0.15) is 0 Å². The standard InChI is InChI=1S/C21H19N/c1-16(2)7-8-17-9-11-18(12-10-17)15-21-20-6-4-3-5-19(20)13-14-22-21/h3-6,9-14,16H,15H2,1-2H3. The van der Waals surface area contributed by atoms with Gasteiger partial charge in [0, 0.05) is 29.5 Å². The van der Waals surface area contributed by atoms with Crippen LogP contribution in [0.4, 0.5) is 0 Å². The van der Waals surface area contributed by atoms with Gasteiger partial charge in [-0.05, 0) is 29.1 Å². The Morgan fingerprint density at radius 2 is 1.73 bits per heavy atom. The molecule has 0 unspecified atom stereocenters. The number of benzene rings is 2. The first-order valence-electron chi connectivity index (χ1n) is 7.65. The third-order valence-corrected chi connectivity index (χ3v) is 3.59. The zero-order valence-corrected chi connectivity index (χ0v) is 13.0. The Morgan fingerprint density at radius 3 is 2.50 bits per heavy atom. The van der Waals surface area contributed by atoms with Gasteiger partial charge in [0.25, 0.3) is 0 Å². The molecule has 108 valence electrons. The van der Waals surface area contributed by atoms with Crippen LogP contribution in [0.1, 0.15) is 30.7 Å². The smallest absolute Gasteiger partial charge is 0.0525 e. The van der Waals surface area contributed by atoms with Crippen LogP contribution in [0.5, 0.6) is 0 Å². The van der Waals surface area contributed by atoms with E-state index in [1.54, 1.807) is 0 Å². The molecule has 0 N–H and O–H groups in total. The molecule has 0 amide bonds. The molecule has 0 spiro atoms. The molecule has 0 bridgehead atoms. The van der Waals surface area contributed by atoms with Gasteiger partial charge in [-0.3, -0.25) is 4.98 Å². The number of aromatic nitrogens is 1. The van der Waals surface area contributed by atoms with Gasteiger partial charge < -0.3 is 0 Å². The van der Waals surface area contributed by atoms with Crippen LogP contribution in [0, 0.1) is 17.8 Å². The Balaban J connectivity index is 1.85. The average Bonchev–Trinajstić information content (AvgIpc) is 2.54. The van der Waals surface area contributed by atoms with E-state index < -0.39 is 0 Å². The summed E-state index contributed by atoms with van der Waals surface area (Å²) in [6, 6.07) is 18.9. The van der Waals surface area contributed by atoms with E-state index in [0.29, 0.717) is 5.92 Å². The van der Waals surface area contributed by atoms with E-state index in [1.807, 2.05) is 6.20 Å². The van der Waals surface area contributed by atoms with E-state index in [0.717, 1.165) is 17.7 Å². The van der Waals surface area contributed by atoms with Gasteiger partial charge in [0.15, 0.2) is 0 Å². The largest absolute Gasteiger partial charge is 0.260 e. The summed E-state index contributed by atoms with van der Waals surface area (Å²) in [4.78, 5) is 4.56. The first-order chi connectivity index (χ1) is 10.7. The van der Waals surface area contributed by atoms with Crippen molar-refractivity contribution in [2.75, 3.05) is 0 Å². The molecule has 22 heavy (non-hydrogen) atoms. The van der Waals surface area contributed by atoms with Gasteiger partial charge in [-0.2, -0.15) is 0 Å². The van der Waals surface area contributed by atoms with Crippen molar-refractivity contribution in [3.63, 3.8) is 0 Å². The van der Waals surface area contributed by atoms with Gasteiger partial charge >= 0.3 is 0 Å². The molecule has 1 nitrogen and oxygen atoms in total. The van der Waals surface area contributed by atoms with Crippen LogP contribution in [0.2, 0.25) is 0 Å². The highest BCUT2D eigenvalue weighted by Gasteiger charge is 2.03. The van der Waals surface area contributed by atoms with Crippen molar-refractivity contribution in [1.82, 2.24) is 4.98 Å². The second-order valence-corrected chi connectivity index (χ2v) is 5.78. The minimum Gasteiger partial charge on any atom is -0.260 e. The van der Waals surface area contributed by atoms with Crippen LogP contribution < -0.4 is 0 Å². The first-order valence-corrected chi connectivity index (χ1v) is 7.65. The first kappa shape index (κ1) is 14.4. The summed E-state index contributed by atoms with van der Waals surface area (Å²) in [6.07, 6.45) is 2.74. The molecule has 0 fully saturated rings. The van der Waals surface area contributed by atoms with Gasteiger partial charge in [-0.1, -0.05) is 62.1 Å². The average molecular weight is 285 g/mol. The maximum Gasteiger partial charge on any atom is 0.0525 e. The van der Waals surface area contributed by atoms with Crippen molar-refractivity contribution < 1.29 is 0 Å². The summed E-state index contributed by atoms with van der Waals surface area (Å²) >= 11 is 0. The third-order valence-electron chi connectivity index (χ3n) is 3.59. The van der Waals surface area contributed by atoms with Gasteiger partial charge in [-0.15, -0.1) is 0 Å². The van der Waals surface area contributed by atoms with Crippen LogP contribution in [0.15, 0.2) is 60.8 Å². The molecule has 2 aromatic carbocycles. The van der Waals surface area contributed by atoms with Gasteiger partial charge in [0.05, 0.1) is 5.69 Å². The van der Waals surface area contributed by atoms with E-state index >= 15 is 0 Å². The van der Waals surface area contributed by atoms with Crippen molar-refractivity contribution in [3.05, 3.63) is 77.6 Å². The molecule has 1 aromatic heterocycles. The highest BCUT2D eigenvalue weighted by atomic mass is 14.7. The Kier molecular flexibility index (Phi) is 4.21. The van der Waals surface area contributed by atoms with Crippen LogP contribution in [0.25, 0.3) is 10.8 Å². The number of pyridine rings is 1. The van der Waals surface area contributed by atoms with Crippen LogP contribution in [-0.4, -0.2) is 4.98 Å². The normalized spacial score (nSPS) is 10.5. The van der Waals surface area contributed by atoms with Crippen molar-refractivity contribution in [3.8, 4) is 11.8 Å². The topological polar surface area (TPSA) is 12.9 Å². The molecule has 0 radical (unpaired) electrons. The predicted octanol–water partition coefficient (Wildman–Crippen LogP) is 4.83. The van der Waals surface area contributed by atoms with Gasteiger partial charge in [-0.25, -0.2) is 0 Å². The second-order valence-electron chi connectivity index (χ2n) is 5.78. The fourth-order valence-corrected chi connectivity index (χ4v) is 2.45. The SMILES string of the molecule is CC(C)C#Cc1ccc(Cc2nccc3ccccc23)cc1. The summed E-state index contributed by atoms with van der Waals surface area (Å²) in [5.74, 6) is 6.79. The summed E-state index contributed by atoms with van der Waals surface area (Å²) in [5.41, 5.74) is 3.46. The van der Waals surface area contributed by atoms with Crippen LogP contribution in [0.3, 0.4) is 0 Å². The summed E-state index contributed by atoms with van der Waals surface area (Å²) in [7, 11) is 0. The fraction of sp³-hybridized carbons (Fsp3) is 0.190. The maximum absolute atomic E-state index is 4.56. The lowest BCUT2D eigenvalue weighted by molar-refractivity contribution is 0.866. The van der Waals surface area contributed by atoms with Crippen molar-refractivity contribution in [1.29, 1.82) is 0 Å². The van der Waals surface area contributed by atoms with E-state index in [-0.39, 0.29) is 0 Å². The number of nitrogens with zero attached hydrogens (tertiary/aromatic N) is 1. The number of hydrogen-bond donors (Lipinski definition) is 0. The van der Waals surface area contributed by atoms with E-state index in [9.17, 15) is 0 Å². The van der Waals surface area contributed by atoms with Crippen LogP contribution in [-0.2, 0) is 6.42 Å². The highest BCUT2D eigenvalue weighted by molar-refractivity contribution is 5.84. The molecule has 0 atom stereocenters. The lowest BCUT2D eigenvalue weighted by atomic mass is 10.0. The lowest BCUT2D eigenvalue weighted by Crippen LogP contribution is -1.93. The molecule has 1 heterocycles. The molecular weight excluding hydrogens is 266 g/mol. The second kappa shape index (κ2) is 6.45. The fourth-order valence-electron chi connectivity index (χ4n) is 2.45. The van der Waals surface area contributed by atoms with E-state index in [1.165, 1.54) is 16.3 Å². The molecule has 0 saturated heterocycles. The van der Waals surface area contributed by atoms with Crippen molar-refractivity contribution >= 4 is 10.8 Å². The molecule has 3 rings (SSSR count). The summed E-state index contributed by atoms with van der Waals surface area (Å²) < 4.78 is 0.